The van der Waals surface area contributed by atoms with Crippen LogP contribution >= 0.6 is 27.5 Å². The molecule has 1 aromatic carbocycles. The van der Waals surface area contributed by atoms with Crippen LogP contribution in [0.3, 0.4) is 0 Å². The molecule has 0 aliphatic rings. The van der Waals surface area contributed by atoms with Gasteiger partial charge < -0.3 is 10.4 Å². The second-order valence-corrected chi connectivity index (χ2v) is 3.69. The lowest BCUT2D eigenvalue weighted by Crippen LogP contribution is -2.17. The number of carbonyl (C=O) groups excluding carboxylic acids is 1. The van der Waals surface area contributed by atoms with Gasteiger partial charge in [-0.15, -0.1) is 0 Å². The number of phenols is 1. The van der Waals surface area contributed by atoms with Crippen LogP contribution in [0.25, 0.3) is 0 Å². The molecule has 0 unspecified atom stereocenters. The highest BCUT2D eigenvalue weighted by Gasteiger charge is 2.13. The third kappa shape index (κ3) is 2.14. The average molecular weight is 265 g/mol. The van der Waals surface area contributed by atoms with Gasteiger partial charge in [-0.1, -0.05) is 27.5 Å². The number of hydrogen-bond donors (Lipinski definition) is 2. The van der Waals surface area contributed by atoms with Gasteiger partial charge in [0.05, 0.1) is 10.6 Å². The lowest BCUT2D eigenvalue weighted by Gasteiger charge is -2.05. The minimum Gasteiger partial charge on any atom is -0.506 e. The number of aromatic hydroxyl groups is 1. The molecule has 0 radical (unpaired) electrons. The summed E-state index contributed by atoms with van der Waals surface area (Å²) in [4.78, 5) is 11.2. The van der Waals surface area contributed by atoms with E-state index in [0.717, 1.165) is 0 Å². The van der Waals surface area contributed by atoms with Crippen LogP contribution in [0.2, 0.25) is 5.02 Å². The Kier molecular flexibility index (Phi) is 3.17. The molecule has 0 atom stereocenters. The van der Waals surface area contributed by atoms with Crippen molar-refractivity contribution in [1.82, 2.24) is 5.32 Å². The SMILES string of the molecule is CNC(=O)c1cc(Br)cc(Cl)c1O. The third-order valence-corrected chi connectivity index (χ3v) is 2.25. The second kappa shape index (κ2) is 3.98. The molecule has 0 spiro atoms. The van der Waals surface area contributed by atoms with E-state index in [1.54, 1.807) is 0 Å². The molecule has 0 bridgehead atoms. The zero-order valence-electron chi connectivity index (χ0n) is 6.77. The fourth-order valence-corrected chi connectivity index (χ4v) is 1.68. The number of carbonyl (C=O) groups is 1. The van der Waals surface area contributed by atoms with Crippen LogP contribution in [0, 0.1) is 0 Å². The molecule has 0 aliphatic carbocycles. The Labute approximate surface area is 88.8 Å². The smallest absolute Gasteiger partial charge is 0.254 e. The summed E-state index contributed by atoms with van der Waals surface area (Å²) in [5.41, 5.74) is 0.155. The number of amides is 1. The van der Waals surface area contributed by atoms with E-state index >= 15 is 0 Å². The predicted octanol–water partition coefficient (Wildman–Crippen LogP) is 2.17. The molecule has 0 aromatic heterocycles. The maximum Gasteiger partial charge on any atom is 0.254 e. The third-order valence-electron chi connectivity index (χ3n) is 1.50. The molecular weight excluding hydrogens is 257 g/mol. The van der Waals surface area contributed by atoms with E-state index in [2.05, 4.69) is 21.2 Å². The average Bonchev–Trinajstić information content (AvgIpc) is 2.10. The Balaban J connectivity index is 3.28. The second-order valence-electron chi connectivity index (χ2n) is 2.36. The minimum absolute atomic E-state index is 0.146. The first-order valence-electron chi connectivity index (χ1n) is 3.46. The molecule has 0 fully saturated rings. The summed E-state index contributed by atoms with van der Waals surface area (Å²) in [6, 6.07) is 3.02. The molecule has 13 heavy (non-hydrogen) atoms. The maximum absolute atomic E-state index is 11.2. The van der Waals surface area contributed by atoms with Crippen LogP contribution in [-0.4, -0.2) is 18.1 Å². The number of halogens is 2. The highest BCUT2D eigenvalue weighted by Crippen LogP contribution is 2.30. The van der Waals surface area contributed by atoms with Gasteiger partial charge >= 0.3 is 0 Å². The molecule has 0 saturated carbocycles. The maximum atomic E-state index is 11.2. The number of nitrogens with one attached hydrogen (secondary N) is 1. The minimum atomic E-state index is -0.374. The van der Waals surface area contributed by atoms with Crippen molar-refractivity contribution in [3.05, 3.63) is 27.2 Å². The summed E-state index contributed by atoms with van der Waals surface area (Å²) < 4.78 is 0.647. The standard InChI is InChI=1S/C8H7BrClNO2/c1-11-8(13)5-2-4(9)3-6(10)7(5)12/h2-3,12H,1H3,(H,11,13). The topological polar surface area (TPSA) is 49.3 Å². The number of phenolic OH excluding ortho intramolecular Hbond substituents is 1. The summed E-state index contributed by atoms with van der Waals surface area (Å²) in [6.45, 7) is 0. The Morgan fingerprint density at radius 2 is 2.23 bits per heavy atom. The molecule has 5 heteroatoms. The van der Waals surface area contributed by atoms with Gasteiger partial charge in [0.15, 0.2) is 0 Å². The van der Waals surface area contributed by atoms with Gasteiger partial charge in [-0.05, 0) is 12.1 Å². The summed E-state index contributed by atoms with van der Waals surface area (Å²) in [7, 11) is 1.48. The molecule has 1 rings (SSSR count). The van der Waals surface area contributed by atoms with Gasteiger partial charge in [0.25, 0.3) is 5.91 Å². The van der Waals surface area contributed by atoms with E-state index in [-0.39, 0.29) is 22.2 Å². The molecule has 1 aromatic rings. The van der Waals surface area contributed by atoms with Crippen LogP contribution in [-0.2, 0) is 0 Å². The molecule has 2 N–H and O–H groups in total. The Bertz CT molecular complexity index is 354. The summed E-state index contributed by atoms with van der Waals surface area (Å²) >= 11 is 8.83. The lowest BCUT2D eigenvalue weighted by atomic mass is 10.2. The van der Waals surface area contributed by atoms with Crippen molar-refractivity contribution in [2.75, 3.05) is 7.05 Å². The summed E-state index contributed by atoms with van der Waals surface area (Å²) in [6.07, 6.45) is 0. The first-order chi connectivity index (χ1) is 6.06. The van der Waals surface area contributed by atoms with Gasteiger partial charge in [0, 0.05) is 11.5 Å². The molecule has 0 aliphatic heterocycles. The normalized spacial score (nSPS) is 9.77. The van der Waals surface area contributed by atoms with Crippen molar-refractivity contribution < 1.29 is 9.90 Å². The Hall–Kier alpha value is -0.740. The largest absolute Gasteiger partial charge is 0.506 e. The van der Waals surface area contributed by atoms with E-state index in [1.165, 1.54) is 19.2 Å². The summed E-state index contributed by atoms with van der Waals surface area (Å²) in [5, 5.41) is 12.0. The lowest BCUT2D eigenvalue weighted by molar-refractivity contribution is 0.0960. The van der Waals surface area contributed by atoms with Gasteiger partial charge in [-0.3, -0.25) is 4.79 Å². The van der Waals surface area contributed by atoms with Crippen LogP contribution in [0.5, 0.6) is 5.75 Å². The van der Waals surface area contributed by atoms with Crippen LogP contribution in [0.15, 0.2) is 16.6 Å². The van der Waals surface area contributed by atoms with Crippen molar-refractivity contribution in [2.24, 2.45) is 0 Å². The molecular formula is C8H7BrClNO2. The molecule has 0 heterocycles. The highest BCUT2D eigenvalue weighted by atomic mass is 79.9. The van der Waals surface area contributed by atoms with Crippen molar-refractivity contribution in [1.29, 1.82) is 0 Å². The van der Waals surface area contributed by atoms with Crippen LogP contribution in [0.4, 0.5) is 0 Å². The fourth-order valence-electron chi connectivity index (χ4n) is 0.874. The Morgan fingerprint density at radius 1 is 1.62 bits per heavy atom. The van der Waals surface area contributed by atoms with Crippen LogP contribution < -0.4 is 5.32 Å². The Morgan fingerprint density at radius 3 is 2.77 bits per heavy atom. The van der Waals surface area contributed by atoms with E-state index in [4.69, 9.17) is 11.6 Å². The summed E-state index contributed by atoms with van der Waals surface area (Å²) in [5.74, 6) is -0.579. The quantitative estimate of drug-likeness (QED) is 0.817. The van der Waals surface area contributed by atoms with Crippen molar-refractivity contribution >= 4 is 33.4 Å². The van der Waals surface area contributed by atoms with Gasteiger partial charge in [-0.25, -0.2) is 0 Å². The number of hydrogen-bond acceptors (Lipinski definition) is 2. The predicted molar refractivity (Wildman–Crippen MR) is 54.2 cm³/mol. The van der Waals surface area contributed by atoms with Gasteiger partial charge in [0.1, 0.15) is 5.75 Å². The van der Waals surface area contributed by atoms with E-state index in [9.17, 15) is 9.90 Å². The highest BCUT2D eigenvalue weighted by molar-refractivity contribution is 9.10. The fraction of sp³-hybridized carbons (Fsp3) is 0.125. The first-order valence-corrected chi connectivity index (χ1v) is 4.63. The first kappa shape index (κ1) is 10.3. The molecule has 3 nitrogen and oxygen atoms in total. The van der Waals surface area contributed by atoms with Gasteiger partial charge in [0.2, 0.25) is 0 Å². The van der Waals surface area contributed by atoms with E-state index in [0.29, 0.717) is 4.47 Å². The van der Waals surface area contributed by atoms with E-state index in [1.807, 2.05) is 0 Å². The van der Waals surface area contributed by atoms with E-state index < -0.39 is 0 Å². The van der Waals surface area contributed by atoms with Gasteiger partial charge in [-0.2, -0.15) is 0 Å². The monoisotopic (exact) mass is 263 g/mol. The zero-order valence-corrected chi connectivity index (χ0v) is 9.11. The number of rotatable bonds is 1. The molecule has 0 saturated heterocycles. The van der Waals surface area contributed by atoms with Crippen molar-refractivity contribution in [3.63, 3.8) is 0 Å². The van der Waals surface area contributed by atoms with Crippen molar-refractivity contribution in [3.8, 4) is 5.75 Å². The van der Waals surface area contributed by atoms with Crippen molar-refractivity contribution in [2.45, 2.75) is 0 Å². The zero-order chi connectivity index (χ0) is 10.0. The number of benzene rings is 1. The molecule has 70 valence electrons. The molecule has 1 amide bonds. The van der Waals surface area contributed by atoms with Crippen LogP contribution in [0.1, 0.15) is 10.4 Å².